The van der Waals surface area contributed by atoms with Gasteiger partial charge in [0.2, 0.25) is 5.91 Å². The fourth-order valence-corrected chi connectivity index (χ4v) is 5.24. The molecule has 2 heteroatoms. The summed E-state index contributed by atoms with van der Waals surface area (Å²) in [7, 11) is 0. The van der Waals surface area contributed by atoms with Crippen LogP contribution < -0.4 is 5.32 Å². The largest absolute Gasteiger partial charge is 0.351 e. The number of rotatable bonds is 1. The Bertz CT molecular complexity index is 296. The van der Waals surface area contributed by atoms with E-state index in [0.717, 1.165) is 11.8 Å². The van der Waals surface area contributed by atoms with Gasteiger partial charge in [0.25, 0.3) is 0 Å². The van der Waals surface area contributed by atoms with E-state index in [-0.39, 0.29) is 11.4 Å². The number of amides is 1. The van der Waals surface area contributed by atoms with Crippen molar-refractivity contribution in [3.63, 3.8) is 0 Å². The van der Waals surface area contributed by atoms with E-state index in [1.807, 2.05) is 0 Å². The smallest absolute Gasteiger partial charge is 0.217 e. The first-order chi connectivity index (χ1) is 6.99. The molecule has 2 atom stereocenters. The summed E-state index contributed by atoms with van der Waals surface area (Å²) in [5.74, 6) is 1.95. The first-order valence-electron chi connectivity index (χ1n) is 6.27. The topological polar surface area (TPSA) is 29.1 Å². The molecule has 4 fully saturated rings. The van der Waals surface area contributed by atoms with E-state index in [1.54, 1.807) is 6.92 Å². The summed E-state index contributed by atoms with van der Waals surface area (Å²) >= 11 is 0. The second-order valence-corrected chi connectivity index (χ2v) is 6.73. The molecule has 0 spiro atoms. The lowest BCUT2D eigenvalue weighted by molar-refractivity contribution is -0.128. The molecule has 0 radical (unpaired) electrons. The number of carbonyl (C=O) groups excluding carboxylic acids is 1. The lowest BCUT2D eigenvalue weighted by atomic mass is 9.47. The van der Waals surface area contributed by atoms with Crippen molar-refractivity contribution in [3.05, 3.63) is 0 Å². The van der Waals surface area contributed by atoms with Gasteiger partial charge < -0.3 is 5.32 Å². The molecule has 1 N–H and O–H groups in total. The maximum absolute atomic E-state index is 11.3. The first kappa shape index (κ1) is 9.68. The molecule has 2 nitrogen and oxygen atoms in total. The third-order valence-electron chi connectivity index (χ3n) is 4.79. The van der Waals surface area contributed by atoms with Crippen LogP contribution in [0.2, 0.25) is 0 Å². The van der Waals surface area contributed by atoms with Gasteiger partial charge in [-0.15, -0.1) is 0 Å². The zero-order chi connectivity index (χ0) is 10.7. The maximum atomic E-state index is 11.3. The van der Waals surface area contributed by atoms with Gasteiger partial charge in [-0.05, 0) is 55.8 Å². The standard InChI is InChI=1S/C13H21NO/c1-9(15)14-13-6-10-3-11(7-13)5-12(2,4-10)8-13/h10-11H,3-8H2,1-2H3,(H,14,15)/t10-,11-,12?,13?/m1/s1. The molecule has 0 aromatic rings. The molecule has 4 aliphatic rings. The minimum Gasteiger partial charge on any atom is -0.351 e. The van der Waals surface area contributed by atoms with Gasteiger partial charge >= 0.3 is 0 Å². The lowest BCUT2D eigenvalue weighted by Gasteiger charge is -2.61. The highest BCUT2D eigenvalue weighted by molar-refractivity contribution is 5.74. The number of hydrogen-bond acceptors (Lipinski definition) is 1. The molecule has 4 rings (SSSR count). The molecule has 4 saturated carbocycles. The number of nitrogens with one attached hydrogen (secondary N) is 1. The van der Waals surface area contributed by atoms with Crippen molar-refractivity contribution in [1.29, 1.82) is 0 Å². The Hall–Kier alpha value is -0.530. The zero-order valence-electron chi connectivity index (χ0n) is 9.81. The third-order valence-corrected chi connectivity index (χ3v) is 4.79. The normalized spacial score (nSPS) is 51.9. The second kappa shape index (κ2) is 2.78. The third kappa shape index (κ3) is 1.49. The van der Waals surface area contributed by atoms with Crippen LogP contribution in [0.15, 0.2) is 0 Å². The van der Waals surface area contributed by atoms with E-state index in [9.17, 15) is 4.79 Å². The molecule has 0 unspecified atom stereocenters. The minimum atomic E-state index is 0.167. The van der Waals surface area contributed by atoms with Gasteiger partial charge in [-0.2, -0.15) is 0 Å². The minimum absolute atomic E-state index is 0.167. The van der Waals surface area contributed by atoms with Crippen LogP contribution in [0.5, 0.6) is 0 Å². The Kier molecular flexibility index (Phi) is 1.79. The molecular weight excluding hydrogens is 186 g/mol. The molecule has 0 aromatic carbocycles. The summed E-state index contributed by atoms with van der Waals surface area (Å²) < 4.78 is 0. The van der Waals surface area contributed by atoms with Crippen LogP contribution in [-0.2, 0) is 4.79 Å². The van der Waals surface area contributed by atoms with E-state index in [1.165, 1.54) is 38.5 Å². The summed E-state index contributed by atoms with van der Waals surface area (Å²) in [4.78, 5) is 11.3. The van der Waals surface area contributed by atoms with Gasteiger partial charge in [-0.25, -0.2) is 0 Å². The Labute approximate surface area is 91.8 Å². The Morgan fingerprint density at radius 1 is 1.20 bits per heavy atom. The van der Waals surface area contributed by atoms with Crippen LogP contribution in [0.4, 0.5) is 0 Å². The highest BCUT2D eigenvalue weighted by Gasteiger charge is 2.55. The van der Waals surface area contributed by atoms with Crippen LogP contribution in [0.25, 0.3) is 0 Å². The summed E-state index contributed by atoms with van der Waals surface area (Å²) in [6, 6.07) is 0. The van der Waals surface area contributed by atoms with Gasteiger partial charge in [-0.1, -0.05) is 6.92 Å². The van der Waals surface area contributed by atoms with E-state index >= 15 is 0 Å². The molecule has 84 valence electrons. The SMILES string of the molecule is CC(=O)NC12C[C@@H]3C[C@H](CC(C)(C3)C1)C2. The lowest BCUT2D eigenvalue weighted by Crippen LogP contribution is -2.62. The zero-order valence-corrected chi connectivity index (χ0v) is 9.81. The predicted octanol–water partition coefficient (Wildman–Crippen LogP) is 2.48. The van der Waals surface area contributed by atoms with Crippen molar-refractivity contribution < 1.29 is 4.79 Å². The van der Waals surface area contributed by atoms with E-state index in [4.69, 9.17) is 0 Å². The van der Waals surface area contributed by atoms with Crippen LogP contribution in [0, 0.1) is 17.3 Å². The van der Waals surface area contributed by atoms with Crippen LogP contribution in [0.3, 0.4) is 0 Å². The molecule has 1 amide bonds. The summed E-state index contributed by atoms with van der Waals surface area (Å²) in [6.45, 7) is 4.10. The monoisotopic (exact) mass is 207 g/mol. The van der Waals surface area contributed by atoms with Crippen LogP contribution >= 0.6 is 0 Å². The highest BCUT2D eigenvalue weighted by Crippen LogP contribution is 2.61. The fraction of sp³-hybridized carbons (Fsp3) is 0.923. The van der Waals surface area contributed by atoms with E-state index in [2.05, 4.69) is 12.2 Å². The fourth-order valence-electron chi connectivity index (χ4n) is 5.24. The molecular formula is C13H21NO. The van der Waals surface area contributed by atoms with E-state index < -0.39 is 0 Å². The van der Waals surface area contributed by atoms with Gasteiger partial charge in [-0.3, -0.25) is 4.79 Å². The van der Waals surface area contributed by atoms with Crippen LogP contribution in [-0.4, -0.2) is 11.4 Å². The van der Waals surface area contributed by atoms with Gasteiger partial charge in [0, 0.05) is 12.5 Å². The molecule has 0 aliphatic heterocycles. The van der Waals surface area contributed by atoms with Gasteiger partial charge in [0.05, 0.1) is 0 Å². The average molecular weight is 207 g/mol. The van der Waals surface area contributed by atoms with Crippen molar-refractivity contribution >= 4 is 5.91 Å². The highest BCUT2D eigenvalue weighted by atomic mass is 16.1. The van der Waals surface area contributed by atoms with E-state index in [0.29, 0.717) is 5.41 Å². The molecule has 0 heterocycles. The van der Waals surface area contributed by atoms with Crippen molar-refractivity contribution in [1.82, 2.24) is 5.32 Å². The Morgan fingerprint density at radius 2 is 1.80 bits per heavy atom. The summed E-state index contributed by atoms with van der Waals surface area (Å²) in [6.07, 6.45) is 7.97. The van der Waals surface area contributed by atoms with Gasteiger partial charge in [0.1, 0.15) is 0 Å². The number of carbonyl (C=O) groups is 1. The molecule has 0 aromatic heterocycles. The van der Waals surface area contributed by atoms with Crippen molar-refractivity contribution in [2.45, 2.75) is 57.9 Å². The Morgan fingerprint density at radius 3 is 2.27 bits per heavy atom. The molecule has 15 heavy (non-hydrogen) atoms. The quantitative estimate of drug-likeness (QED) is 0.703. The van der Waals surface area contributed by atoms with Crippen molar-refractivity contribution in [2.75, 3.05) is 0 Å². The summed E-state index contributed by atoms with van der Waals surface area (Å²) in [5.41, 5.74) is 0.719. The molecule has 0 saturated heterocycles. The summed E-state index contributed by atoms with van der Waals surface area (Å²) in [5, 5.41) is 3.27. The Balaban J connectivity index is 1.89. The van der Waals surface area contributed by atoms with Crippen molar-refractivity contribution in [3.8, 4) is 0 Å². The second-order valence-electron chi connectivity index (χ2n) is 6.73. The van der Waals surface area contributed by atoms with Crippen molar-refractivity contribution in [2.24, 2.45) is 17.3 Å². The first-order valence-corrected chi connectivity index (χ1v) is 6.27. The maximum Gasteiger partial charge on any atom is 0.217 e. The molecule has 4 aliphatic carbocycles. The molecule has 4 bridgehead atoms. The number of hydrogen-bond donors (Lipinski definition) is 1. The average Bonchev–Trinajstić information content (AvgIpc) is 1.94. The van der Waals surface area contributed by atoms with Gasteiger partial charge in [0.15, 0.2) is 0 Å². The predicted molar refractivity (Wildman–Crippen MR) is 59.3 cm³/mol. The van der Waals surface area contributed by atoms with Crippen LogP contribution in [0.1, 0.15) is 52.4 Å².